The van der Waals surface area contributed by atoms with E-state index in [2.05, 4.69) is 13.8 Å². The van der Waals surface area contributed by atoms with Gasteiger partial charge in [0.1, 0.15) is 0 Å². The van der Waals surface area contributed by atoms with Crippen LogP contribution in [-0.2, 0) is 11.2 Å². The quantitative estimate of drug-likeness (QED) is 0.875. The summed E-state index contributed by atoms with van der Waals surface area (Å²) in [6.07, 6.45) is 1.16. The number of nitrogens with two attached hydrogens (primary N) is 1. The van der Waals surface area contributed by atoms with Crippen LogP contribution in [0.3, 0.4) is 0 Å². The lowest BCUT2D eigenvalue weighted by Crippen LogP contribution is -2.35. The molecule has 1 atom stereocenters. The molecule has 0 heterocycles. The molecular formula is C15H24Cl2N2O. The summed E-state index contributed by atoms with van der Waals surface area (Å²) in [6, 6.07) is 7.58. The Balaban J connectivity index is 0.00000361. The van der Waals surface area contributed by atoms with E-state index >= 15 is 0 Å². The van der Waals surface area contributed by atoms with E-state index in [0.717, 1.165) is 12.0 Å². The number of nitrogens with zero attached hydrogens (tertiary/aromatic N) is 1. The molecule has 0 aliphatic carbocycles. The Bertz CT molecular complexity index is 424. The third kappa shape index (κ3) is 6.12. The van der Waals surface area contributed by atoms with Crippen LogP contribution in [0.15, 0.2) is 24.3 Å². The van der Waals surface area contributed by atoms with Crippen LogP contribution in [0.5, 0.6) is 0 Å². The fourth-order valence-corrected chi connectivity index (χ4v) is 1.94. The lowest BCUT2D eigenvalue weighted by atomic mass is 10.0. The van der Waals surface area contributed by atoms with Crippen LogP contribution in [0.2, 0.25) is 5.02 Å². The number of halogens is 2. The predicted octanol–water partition coefficient (Wildman–Crippen LogP) is 3.14. The summed E-state index contributed by atoms with van der Waals surface area (Å²) < 4.78 is 0. The van der Waals surface area contributed by atoms with Crippen molar-refractivity contribution in [2.45, 2.75) is 32.7 Å². The minimum absolute atomic E-state index is 0. The Morgan fingerprint density at radius 2 is 1.95 bits per heavy atom. The van der Waals surface area contributed by atoms with Crippen LogP contribution in [0.1, 0.15) is 25.8 Å². The second-order valence-corrected chi connectivity index (χ2v) is 5.69. The van der Waals surface area contributed by atoms with E-state index in [4.69, 9.17) is 17.3 Å². The minimum atomic E-state index is 0. The second-order valence-electron chi connectivity index (χ2n) is 5.28. The van der Waals surface area contributed by atoms with Crippen molar-refractivity contribution in [3.05, 3.63) is 34.9 Å². The molecule has 0 saturated carbocycles. The maximum Gasteiger partial charge on any atom is 0.226 e. The van der Waals surface area contributed by atoms with Crippen molar-refractivity contribution in [3.63, 3.8) is 0 Å². The van der Waals surface area contributed by atoms with E-state index in [1.54, 1.807) is 11.0 Å². The molecule has 1 unspecified atom stereocenters. The van der Waals surface area contributed by atoms with Crippen LogP contribution < -0.4 is 5.73 Å². The van der Waals surface area contributed by atoms with Gasteiger partial charge in [-0.25, -0.2) is 0 Å². The third-order valence-electron chi connectivity index (χ3n) is 3.38. The number of hydrogen-bond donors (Lipinski definition) is 1. The van der Waals surface area contributed by atoms with Crippen LogP contribution in [0.4, 0.5) is 0 Å². The number of rotatable bonds is 6. The Morgan fingerprint density at radius 3 is 2.50 bits per heavy atom. The predicted molar refractivity (Wildman–Crippen MR) is 87.5 cm³/mol. The molecule has 1 amide bonds. The highest BCUT2D eigenvalue weighted by Crippen LogP contribution is 2.16. The van der Waals surface area contributed by atoms with Gasteiger partial charge in [0.05, 0.1) is 6.42 Å². The van der Waals surface area contributed by atoms with Gasteiger partial charge in [-0.1, -0.05) is 43.6 Å². The molecule has 0 aromatic heterocycles. The van der Waals surface area contributed by atoms with Gasteiger partial charge < -0.3 is 10.6 Å². The minimum Gasteiger partial charge on any atom is -0.345 e. The average Bonchev–Trinajstić information content (AvgIpc) is 2.37. The second kappa shape index (κ2) is 9.22. The topological polar surface area (TPSA) is 46.3 Å². The Morgan fingerprint density at radius 1 is 1.35 bits per heavy atom. The van der Waals surface area contributed by atoms with E-state index in [0.29, 0.717) is 23.9 Å². The fraction of sp³-hybridized carbons (Fsp3) is 0.533. The first-order valence-electron chi connectivity index (χ1n) is 6.64. The molecule has 1 rings (SSSR count). The summed E-state index contributed by atoms with van der Waals surface area (Å²) >= 11 is 6.05. The lowest BCUT2D eigenvalue weighted by Gasteiger charge is -2.21. The molecule has 1 aromatic carbocycles. The van der Waals surface area contributed by atoms with Crippen molar-refractivity contribution in [3.8, 4) is 0 Å². The monoisotopic (exact) mass is 318 g/mol. The molecule has 5 heteroatoms. The molecule has 1 aromatic rings. The first kappa shape index (κ1) is 19.2. The standard InChI is InChI=1S/C15H23ClN2O.ClH/c1-11(2)14(17)8-9-18(3)15(19)10-12-6-4-5-7-13(12)16;/h4-7,11,14H,8-10,17H2,1-3H3;1H. The smallest absolute Gasteiger partial charge is 0.226 e. The molecule has 114 valence electrons. The summed E-state index contributed by atoms with van der Waals surface area (Å²) in [6.45, 7) is 4.87. The highest BCUT2D eigenvalue weighted by atomic mass is 35.5. The van der Waals surface area contributed by atoms with Crippen molar-refractivity contribution in [1.82, 2.24) is 4.90 Å². The summed E-state index contributed by atoms with van der Waals surface area (Å²) in [5.74, 6) is 0.510. The summed E-state index contributed by atoms with van der Waals surface area (Å²) in [5.41, 5.74) is 6.85. The number of amides is 1. The number of hydrogen-bond acceptors (Lipinski definition) is 2. The van der Waals surface area contributed by atoms with Crippen molar-refractivity contribution < 1.29 is 4.79 Å². The van der Waals surface area contributed by atoms with E-state index in [1.807, 2.05) is 25.2 Å². The fourth-order valence-electron chi connectivity index (χ4n) is 1.74. The first-order valence-corrected chi connectivity index (χ1v) is 7.02. The number of likely N-dealkylation sites (N-methyl/N-ethyl adjacent to an activating group) is 1. The molecule has 0 spiro atoms. The van der Waals surface area contributed by atoms with E-state index < -0.39 is 0 Å². The van der Waals surface area contributed by atoms with Gasteiger partial charge in [-0.15, -0.1) is 12.4 Å². The zero-order valence-corrected chi connectivity index (χ0v) is 13.9. The zero-order chi connectivity index (χ0) is 14.4. The Kier molecular flexibility index (Phi) is 8.86. The van der Waals surface area contributed by atoms with Gasteiger partial charge >= 0.3 is 0 Å². The van der Waals surface area contributed by atoms with E-state index in [9.17, 15) is 4.79 Å². The molecule has 0 aliphatic heterocycles. The van der Waals surface area contributed by atoms with Crippen molar-refractivity contribution in [2.75, 3.05) is 13.6 Å². The Hall–Kier alpha value is -0.770. The van der Waals surface area contributed by atoms with Crippen LogP contribution in [0, 0.1) is 5.92 Å². The number of carbonyl (C=O) groups excluding carboxylic acids is 1. The SMILES string of the molecule is CC(C)C(N)CCN(C)C(=O)Cc1ccccc1Cl.Cl. The van der Waals surface area contributed by atoms with E-state index in [-0.39, 0.29) is 24.4 Å². The molecule has 0 bridgehead atoms. The average molecular weight is 319 g/mol. The Labute approximate surface area is 132 Å². The van der Waals surface area contributed by atoms with Crippen LogP contribution in [-0.4, -0.2) is 30.4 Å². The molecule has 20 heavy (non-hydrogen) atoms. The molecule has 2 N–H and O–H groups in total. The van der Waals surface area contributed by atoms with Gasteiger partial charge in [-0.2, -0.15) is 0 Å². The third-order valence-corrected chi connectivity index (χ3v) is 3.75. The van der Waals surface area contributed by atoms with Crippen molar-refractivity contribution >= 4 is 29.9 Å². The highest BCUT2D eigenvalue weighted by Gasteiger charge is 2.14. The van der Waals surface area contributed by atoms with Gasteiger partial charge in [0.15, 0.2) is 0 Å². The molecule has 0 saturated heterocycles. The molecular weight excluding hydrogens is 295 g/mol. The molecule has 0 radical (unpaired) electrons. The number of carbonyl (C=O) groups is 1. The molecule has 0 fully saturated rings. The lowest BCUT2D eigenvalue weighted by molar-refractivity contribution is -0.129. The maximum absolute atomic E-state index is 12.1. The van der Waals surface area contributed by atoms with Gasteiger partial charge in [0.25, 0.3) is 0 Å². The molecule has 0 aliphatic rings. The van der Waals surface area contributed by atoms with Crippen LogP contribution in [0.25, 0.3) is 0 Å². The van der Waals surface area contributed by atoms with Gasteiger partial charge in [-0.05, 0) is 24.0 Å². The van der Waals surface area contributed by atoms with Crippen molar-refractivity contribution in [2.24, 2.45) is 11.7 Å². The highest BCUT2D eigenvalue weighted by molar-refractivity contribution is 6.31. The zero-order valence-electron chi connectivity index (χ0n) is 12.3. The van der Waals surface area contributed by atoms with Gasteiger partial charge in [0, 0.05) is 24.7 Å². The van der Waals surface area contributed by atoms with Crippen LogP contribution >= 0.6 is 24.0 Å². The number of benzene rings is 1. The van der Waals surface area contributed by atoms with Crippen molar-refractivity contribution in [1.29, 1.82) is 0 Å². The molecule has 3 nitrogen and oxygen atoms in total. The summed E-state index contributed by atoms with van der Waals surface area (Å²) in [5, 5.41) is 0.642. The van der Waals surface area contributed by atoms with Gasteiger partial charge in [-0.3, -0.25) is 4.79 Å². The normalized spacial score (nSPS) is 11.9. The maximum atomic E-state index is 12.1. The van der Waals surface area contributed by atoms with E-state index in [1.165, 1.54) is 0 Å². The summed E-state index contributed by atoms with van der Waals surface area (Å²) in [4.78, 5) is 13.8. The first-order chi connectivity index (χ1) is 8.91. The van der Waals surface area contributed by atoms with Gasteiger partial charge in [0.2, 0.25) is 5.91 Å². The largest absolute Gasteiger partial charge is 0.345 e. The summed E-state index contributed by atoms with van der Waals surface area (Å²) in [7, 11) is 1.81.